The Bertz CT molecular complexity index is 1070. The number of likely N-dealkylation sites (tertiary alicyclic amines) is 1. The van der Waals surface area contributed by atoms with Crippen LogP contribution >= 0.6 is 0 Å². The predicted octanol–water partition coefficient (Wildman–Crippen LogP) is 4.29. The lowest BCUT2D eigenvalue weighted by Crippen LogP contribution is -2.36. The van der Waals surface area contributed by atoms with Crippen LogP contribution in [0, 0.1) is 6.92 Å². The summed E-state index contributed by atoms with van der Waals surface area (Å²) >= 11 is 0. The van der Waals surface area contributed by atoms with Crippen LogP contribution in [0.5, 0.6) is 0 Å². The Kier molecular flexibility index (Phi) is 6.34. The second-order valence-corrected chi connectivity index (χ2v) is 7.84. The first-order chi connectivity index (χ1) is 15.1. The van der Waals surface area contributed by atoms with Crippen LogP contribution in [-0.4, -0.2) is 45.2 Å². The fraction of sp³-hybridized carbons (Fsp3) is 0.333. The molecule has 1 amide bonds. The third-order valence-corrected chi connectivity index (χ3v) is 5.82. The lowest BCUT2D eigenvalue weighted by atomic mass is 10.0. The van der Waals surface area contributed by atoms with Crippen LogP contribution < -0.4 is 5.48 Å². The molecular formula is C24H28N4O3. The van der Waals surface area contributed by atoms with Gasteiger partial charge in [0, 0.05) is 24.2 Å². The van der Waals surface area contributed by atoms with Gasteiger partial charge in [0.1, 0.15) is 11.5 Å². The number of rotatable bonds is 6. The highest BCUT2D eigenvalue weighted by Gasteiger charge is 2.28. The quantitative estimate of drug-likeness (QED) is 0.353. The Morgan fingerprint density at radius 3 is 2.97 bits per heavy atom. The second kappa shape index (κ2) is 9.32. The van der Waals surface area contributed by atoms with Crippen LogP contribution in [-0.2, 0) is 4.79 Å². The third-order valence-electron chi connectivity index (χ3n) is 5.82. The first kappa shape index (κ1) is 21.1. The lowest BCUT2D eigenvalue weighted by Gasteiger charge is -2.34. The van der Waals surface area contributed by atoms with Crippen molar-refractivity contribution in [1.82, 2.24) is 19.9 Å². The molecule has 0 spiro atoms. The molecule has 4 rings (SSSR count). The van der Waals surface area contributed by atoms with Crippen LogP contribution in [0.3, 0.4) is 0 Å². The van der Waals surface area contributed by atoms with Crippen molar-refractivity contribution in [2.75, 3.05) is 19.6 Å². The minimum atomic E-state index is -0.565. The molecule has 1 unspecified atom stereocenters. The van der Waals surface area contributed by atoms with Gasteiger partial charge in [-0.05, 0) is 62.7 Å². The zero-order valence-corrected chi connectivity index (χ0v) is 17.9. The molecule has 31 heavy (non-hydrogen) atoms. The molecule has 1 aliphatic heterocycles. The standard InChI is InChI=1S/C24H28N4O3/c1-3-27-13-5-9-20(16-27)28-23(21-10-6-14-31-21)17(2)25-24(28)19-8-4-7-18(15-19)11-12-22(29)26-30/h4,6-8,10-12,14-15,20,30H,3,5,9,13,16H2,1-2H3,(H,26,29). The minimum absolute atomic E-state index is 0.296. The van der Waals surface area contributed by atoms with Crippen molar-refractivity contribution < 1.29 is 14.4 Å². The number of imidazole rings is 1. The van der Waals surface area contributed by atoms with E-state index in [0.717, 1.165) is 66.6 Å². The predicted molar refractivity (Wildman–Crippen MR) is 119 cm³/mol. The molecule has 1 atom stereocenters. The molecular weight excluding hydrogens is 392 g/mol. The van der Waals surface area contributed by atoms with Gasteiger partial charge in [-0.3, -0.25) is 10.0 Å². The number of furan rings is 1. The summed E-state index contributed by atoms with van der Waals surface area (Å²) in [7, 11) is 0. The minimum Gasteiger partial charge on any atom is -0.463 e. The Morgan fingerprint density at radius 1 is 1.35 bits per heavy atom. The van der Waals surface area contributed by atoms with E-state index in [0.29, 0.717) is 6.04 Å². The van der Waals surface area contributed by atoms with E-state index in [1.165, 1.54) is 6.08 Å². The van der Waals surface area contributed by atoms with Gasteiger partial charge < -0.3 is 13.9 Å². The zero-order valence-electron chi connectivity index (χ0n) is 17.9. The Morgan fingerprint density at radius 2 is 2.23 bits per heavy atom. The Labute approximate surface area is 182 Å². The zero-order chi connectivity index (χ0) is 21.8. The molecule has 3 aromatic rings. The van der Waals surface area contributed by atoms with E-state index >= 15 is 0 Å². The van der Waals surface area contributed by atoms with Gasteiger partial charge >= 0.3 is 0 Å². The molecule has 1 fully saturated rings. The highest BCUT2D eigenvalue weighted by Crippen LogP contribution is 2.36. The number of hydrogen-bond acceptors (Lipinski definition) is 5. The van der Waals surface area contributed by atoms with Crippen LogP contribution in [0.15, 0.2) is 53.2 Å². The van der Waals surface area contributed by atoms with E-state index < -0.39 is 5.91 Å². The molecule has 162 valence electrons. The first-order valence-corrected chi connectivity index (χ1v) is 10.7. The lowest BCUT2D eigenvalue weighted by molar-refractivity contribution is -0.124. The number of aryl methyl sites for hydroxylation is 1. The smallest absolute Gasteiger partial charge is 0.267 e. The van der Waals surface area contributed by atoms with Crippen LogP contribution in [0.1, 0.15) is 37.1 Å². The van der Waals surface area contributed by atoms with Crippen LogP contribution in [0.2, 0.25) is 0 Å². The summed E-state index contributed by atoms with van der Waals surface area (Å²) in [4.78, 5) is 18.8. The monoisotopic (exact) mass is 420 g/mol. The van der Waals surface area contributed by atoms with E-state index in [4.69, 9.17) is 14.6 Å². The van der Waals surface area contributed by atoms with Crippen molar-refractivity contribution in [3.05, 3.63) is 60.0 Å². The molecule has 1 saturated heterocycles. The Hall–Kier alpha value is -3.16. The maximum Gasteiger partial charge on any atom is 0.267 e. The maximum absolute atomic E-state index is 11.4. The number of nitrogens with zero attached hydrogens (tertiary/aromatic N) is 3. The summed E-state index contributed by atoms with van der Waals surface area (Å²) in [6.45, 7) is 7.35. The van der Waals surface area contributed by atoms with Gasteiger partial charge in [-0.2, -0.15) is 0 Å². The van der Waals surface area contributed by atoms with Crippen molar-refractivity contribution in [3.8, 4) is 22.8 Å². The van der Waals surface area contributed by atoms with Crippen LogP contribution in [0.4, 0.5) is 0 Å². The van der Waals surface area contributed by atoms with Gasteiger partial charge in [0.2, 0.25) is 0 Å². The molecule has 1 aliphatic rings. The van der Waals surface area contributed by atoms with Gasteiger partial charge in [-0.15, -0.1) is 0 Å². The largest absolute Gasteiger partial charge is 0.463 e. The SMILES string of the molecule is CCN1CCCC(n2c(-c3cccc(C=CC(=O)NO)c3)nc(C)c2-c2ccco2)C1. The summed E-state index contributed by atoms with van der Waals surface area (Å²) in [6.07, 6.45) is 6.89. The third kappa shape index (κ3) is 4.47. The summed E-state index contributed by atoms with van der Waals surface area (Å²) in [5, 5.41) is 8.71. The highest BCUT2D eigenvalue weighted by molar-refractivity contribution is 5.91. The molecule has 3 heterocycles. The van der Waals surface area contributed by atoms with E-state index in [-0.39, 0.29) is 0 Å². The summed E-state index contributed by atoms with van der Waals surface area (Å²) in [5.41, 5.74) is 5.39. The topological polar surface area (TPSA) is 83.5 Å². The Balaban J connectivity index is 1.81. The second-order valence-electron chi connectivity index (χ2n) is 7.84. The maximum atomic E-state index is 11.4. The number of carbonyl (C=O) groups excluding carboxylic acids is 1. The molecule has 7 nitrogen and oxygen atoms in total. The number of piperidine rings is 1. The summed E-state index contributed by atoms with van der Waals surface area (Å²) < 4.78 is 8.11. The molecule has 0 aliphatic carbocycles. The molecule has 0 bridgehead atoms. The number of hydroxylamine groups is 1. The van der Waals surface area contributed by atoms with Gasteiger partial charge in [-0.25, -0.2) is 10.5 Å². The average Bonchev–Trinajstić information content (AvgIpc) is 3.45. The summed E-state index contributed by atoms with van der Waals surface area (Å²) in [6, 6.07) is 12.1. The van der Waals surface area contributed by atoms with Crippen molar-refractivity contribution >= 4 is 12.0 Å². The van der Waals surface area contributed by atoms with Gasteiger partial charge in [0.25, 0.3) is 5.91 Å². The first-order valence-electron chi connectivity index (χ1n) is 10.7. The van der Waals surface area contributed by atoms with Gasteiger partial charge in [0.05, 0.1) is 12.0 Å². The van der Waals surface area contributed by atoms with E-state index in [1.54, 1.807) is 17.8 Å². The average molecular weight is 421 g/mol. The number of nitrogens with one attached hydrogen (secondary N) is 1. The molecule has 0 saturated carbocycles. The highest BCUT2D eigenvalue weighted by atomic mass is 16.5. The fourth-order valence-corrected chi connectivity index (χ4v) is 4.34. The number of hydrogen-bond donors (Lipinski definition) is 2. The van der Waals surface area contributed by atoms with Crippen molar-refractivity contribution in [2.24, 2.45) is 0 Å². The van der Waals surface area contributed by atoms with Gasteiger partial charge in [-0.1, -0.05) is 25.1 Å². The molecule has 7 heteroatoms. The van der Waals surface area contributed by atoms with Crippen LogP contribution in [0.25, 0.3) is 28.9 Å². The van der Waals surface area contributed by atoms with Crippen molar-refractivity contribution in [1.29, 1.82) is 0 Å². The van der Waals surface area contributed by atoms with E-state index in [1.807, 2.05) is 43.3 Å². The fourth-order valence-electron chi connectivity index (χ4n) is 4.34. The number of benzene rings is 1. The molecule has 2 N–H and O–H groups in total. The van der Waals surface area contributed by atoms with Crippen molar-refractivity contribution in [3.63, 3.8) is 0 Å². The molecule has 0 radical (unpaired) electrons. The number of likely N-dealkylation sites (N-methyl/N-ethyl adjacent to an activating group) is 1. The van der Waals surface area contributed by atoms with E-state index in [2.05, 4.69) is 16.4 Å². The van der Waals surface area contributed by atoms with Crippen molar-refractivity contribution in [2.45, 2.75) is 32.7 Å². The number of aromatic nitrogens is 2. The van der Waals surface area contributed by atoms with Gasteiger partial charge in [0.15, 0.2) is 5.76 Å². The van der Waals surface area contributed by atoms with E-state index in [9.17, 15) is 4.79 Å². The normalized spacial score (nSPS) is 17.3. The summed E-state index contributed by atoms with van der Waals surface area (Å²) in [5.74, 6) is 1.15. The number of amides is 1. The molecule has 1 aromatic carbocycles. The number of carbonyl (C=O) groups is 1. The molecule has 2 aromatic heterocycles.